The van der Waals surface area contributed by atoms with Gasteiger partial charge in [-0.2, -0.15) is 0 Å². The van der Waals surface area contributed by atoms with E-state index in [4.69, 9.17) is 4.74 Å². The average Bonchev–Trinajstić information content (AvgIpc) is 2.88. The molecule has 2 N–H and O–H groups in total. The summed E-state index contributed by atoms with van der Waals surface area (Å²) in [6.45, 7) is 1.30. The summed E-state index contributed by atoms with van der Waals surface area (Å²) in [6.07, 6.45) is 0.886. The van der Waals surface area contributed by atoms with Crippen molar-refractivity contribution >= 4 is 22.0 Å². The summed E-state index contributed by atoms with van der Waals surface area (Å²) < 4.78 is 30.5. The molecule has 132 valence electrons. The van der Waals surface area contributed by atoms with Crippen molar-refractivity contribution in [2.75, 3.05) is 46.2 Å². The molecule has 0 aromatic heterocycles. The van der Waals surface area contributed by atoms with Crippen LogP contribution >= 0.6 is 0 Å². The van der Waals surface area contributed by atoms with Gasteiger partial charge in [0.1, 0.15) is 0 Å². The largest absolute Gasteiger partial charge is 0.385 e. The minimum absolute atomic E-state index is 0.0884. The Morgan fingerprint density at radius 2 is 2.17 bits per heavy atom. The van der Waals surface area contributed by atoms with E-state index in [-0.39, 0.29) is 24.4 Å². The molecule has 0 spiro atoms. The first-order valence-electron chi connectivity index (χ1n) is 7.64. The molecule has 2 atom stereocenters. The Labute approximate surface area is 136 Å². The van der Waals surface area contributed by atoms with Gasteiger partial charge in [-0.15, -0.1) is 0 Å². The standard InChI is InChI=1S/C13H24N4O5S/c1-14-13(19)15-10-8-11-12(18)17(4-3-6-22-2)23(20,21)7-5-16(11)9-10/h10-11H,3-9H2,1-2H3,(H2,14,15,19). The molecule has 0 aromatic rings. The van der Waals surface area contributed by atoms with E-state index in [2.05, 4.69) is 10.6 Å². The van der Waals surface area contributed by atoms with Gasteiger partial charge in [0.25, 0.3) is 5.91 Å². The molecule has 9 nitrogen and oxygen atoms in total. The maximum absolute atomic E-state index is 12.7. The highest BCUT2D eigenvalue weighted by Gasteiger charge is 2.45. The van der Waals surface area contributed by atoms with Crippen molar-refractivity contribution in [1.82, 2.24) is 19.8 Å². The molecule has 2 aliphatic heterocycles. The van der Waals surface area contributed by atoms with Gasteiger partial charge in [-0.1, -0.05) is 0 Å². The Bertz CT molecular complexity index is 553. The molecular formula is C13H24N4O5S. The number of amides is 3. The zero-order chi connectivity index (χ0) is 17.0. The van der Waals surface area contributed by atoms with Crippen LogP contribution in [-0.4, -0.2) is 87.8 Å². The molecule has 2 heterocycles. The Morgan fingerprint density at radius 1 is 1.43 bits per heavy atom. The first-order valence-corrected chi connectivity index (χ1v) is 9.25. The summed E-state index contributed by atoms with van der Waals surface area (Å²) in [7, 11) is -0.530. The van der Waals surface area contributed by atoms with E-state index in [0.717, 1.165) is 4.31 Å². The minimum atomic E-state index is -3.59. The normalized spacial score (nSPS) is 27.4. The van der Waals surface area contributed by atoms with Crippen molar-refractivity contribution in [3.8, 4) is 0 Å². The second-order valence-electron chi connectivity index (χ2n) is 5.74. The first-order chi connectivity index (χ1) is 10.9. The summed E-state index contributed by atoms with van der Waals surface area (Å²) in [5, 5.41) is 5.26. The van der Waals surface area contributed by atoms with Crippen molar-refractivity contribution in [2.45, 2.75) is 24.9 Å². The predicted molar refractivity (Wildman–Crippen MR) is 83.4 cm³/mol. The SMILES string of the molecule is CNC(=O)NC1CC2C(=O)N(CCCOC)S(=O)(=O)CCN2C1. The van der Waals surface area contributed by atoms with Crippen LogP contribution in [0.1, 0.15) is 12.8 Å². The fraction of sp³-hybridized carbons (Fsp3) is 0.846. The van der Waals surface area contributed by atoms with Gasteiger partial charge in [0.2, 0.25) is 10.0 Å². The Hall–Kier alpha value is -1.39. The van der Waals surface area contributed by atoms with Crippen LogP contribution in [0.25, 0.3) is 0 Å². The van der Waals surface area contributed by atoms with E-state index in [1.807, 2.05) is 4.90 Å². The lowest BCUT2D eigenvalue weighted by Gasteiger charge is -2.23. The van der Waals surface area contributed by atoms with E-state index in [9.17, 15) is 18.0 Å². The van der Waals surface area contributed by atoms with Gasteiger partial charge < -0.3 is 15.4 Å². The molecule has 2 saturated heterocycles. The molecule has 0 bridgehead atoms. The number of urea groups is 1. The number of rotatable bonds is 5. The van der Waals surface area contributed by atoms with E-state index in [1.165, 1.54) is 14.2 Å². The maximum atomic E-state index is 12.7. The number of nitrogens with one attached hydrogen (secondary N) is 2. The zero-order valence-electron chi connectivity index (χ0n) is 13.4. The van der Waals surface area contributed by atoms with Crippen LogP contribution < -0.4 is 10.6 Å². The third-order valence-electron chi connectivity index (χ3n) is 4.18. The molecule has 0 aliphatic carbocycles. The summed E-state index contributed by atoms with van der Waals surface area (Å²) in [6, 6.07) is -0.966. The van der Waals surface area contributed by atoms with Crippen molar-refractivity contribution in [1.29, 1.82) is 0 Å². The topological polar surface area (TPSA) is 108 Å². The lowest BCUT2D eigenvalue weighted by Crippen LogP contribution is -2.45. The van der Waals surface area contributed by atoms with Crippen LogP contribution in [0.15, 0.2) is 0 Å². The fourth-order valence-corrected chi connectivity index (χ4v) is 4.51. The second kappa shape index (κ2) is 7.45. The molecule has 2 unspecified atom stereocenters. The van der Waals surface area contributed by atoms with Gasteiger partial charge in [0.05, 0.1) is 11.8 Å². The number of methoxy groups -OCH3 is 1. The van der Waals surface area contributed by atoms with Crippen LogP contribution in [-0.2, 0) is 19.6 Å². The lowest BCUT2D eigenvalue weighted by atomic mass is 10.1. The molecule has 2 fully saturated rings. The van der Waals surface area contributed by atoms with Crippen molar-refractivity contribution in [3.05, 3.63) is 0 Å². The van der Waals surface area contributed by atoms with E-state index < -0.39 is 22.0 Å². The van der Waals surface area contributed by atoms with Gasteiger partial charge in [0, 0.05) is 46.4 Å². The molecule has 0 radical (unpaired) electrons. The van der Waals surface area contributed by atoms with E-state index in [1.54, 1.807) is 0 Å². The highest BCUT2D eigenvalue weighted by atomic mass is 32.2. The van der Waals surface area contributed by atoms with Crippen molar-refractivity contribution in [3.63, 3.8) is 0 Å². The van der Waals surface area contributed by atoms with Gasteiger partial charge in [0.15, 0.2) is 0 Å². The smallest absolute Gasteiger partial charge is 0.314 e. The van der Waals surface area contributed by atoms with E-state index >= 15 is 0 Å². The average molecular weight is 348 g/mol. The van der Waals surface area contributed by atoms with Crippen LogP contribution in [0.5, 0.6) is 0 Å². The number of ether oxygens (including phenoxy) is 1. The van der Waals surface area contributed by atoms with Gasteiger partial charge in [-0.25, -0.2) is 17.5 Å². The van der Waals surface area contributed by atoms with Crippen LogP contribution in [0.3, 0.4) is 0 Å². The summed E-state index contributed by atoms with van der Waals surface area (Å²) >= 11 is 0. The quantitative estimate of drug-likeness (QED) is 0.590. The van der Waals surface area contributed by atoms with Gasteiger partial charge in [-0.05, 0) is 12.8 Å². The molecule has 23 heavy (non-hydrogen) atoms. The maximum Gasteiger partial charge on any atom is 0.314 e. The molecule has 2 aliphatic rings. The molecule has 3 amide bonds. The van der Waals surface area contributed by atoms with Crippen LogP contribution in [0.4, 0.5) is 4.79 Å². The first kappa shape index (κ1) is 18.0. The zero-order valence-corrected chi connectivity index (χ0v) is 14.3. The lowest BCUT2D eigenvalue weighted by molar-refractivity contribution is -0.130. The number of carbonyl (C=O) groups excluding carboxylic acids is 2. The Balaban J connectivity index is 2.09. The number of carbonyl (C=O) groups is 2. The highest BCUT2D eigenvalue weighted by molar-refractivity contribution is 7.89. The number of sulfonamides is 1. The van der Waals surface area contributed by atoms with E-state index in [0.29, 0.717) is 32.5 Å². The van der Waals surface area contributed by atoms with Crippen molar-refractivity contribution in [2.24, 2.45) is 0 Å². The second-order valence-corrected chi connectivity index (χ2v) is 7.75. The Kier molecular flexibility index (Phi) is 5.82. The molecule has 0 aromatic carbocycles. The number of hydrogen-bond donors (Lipinski definition) is 2. The monoisotopic (exact) mass is 348 g/mol. The number of nitrogens with zero attached hydrogens (tertiary/aromatic N) is 2. The third kappa shape index (κ3) is 4.12. The third-order valence-corrected chi connectivity index (χ3v) is 5.91. The summed E-state index contributed by atoms with van der Waals surface area (Å²) in [5.41, 5.74) is 0. The number of hydrogen-bond acceptors (Lipinski definition) is 6. The number of fused-ring (bicyclic) bond motifs is 1. The summed E-state index contributed by atoms with van der Waals surface area (Å²) in [4.78, 5) is 25.9. The fourth-order valence-electron chi connectivity index (χ4n) is 3.02. The molecular weight excluding hydrogens is 324 g/mol. The molecule has 0 saturated carbocycles. The molecule has 10 heteroatoms. The van der Waals surface area contributed by atoms with Crippen molar-refractivity contribution < 1.29 is 22.7 Å². The minimum Gasteiger partial charge on any atom is -0.385 e. The Morgan fingerprint density at radius 3 is 2.83 bits per heavy atom. The summed E-state index contributed by atoms with van der Waals surface area (Å²) in [5.74, 6) is -0.491. The predicted octanol–water partition coefficient (Wildman–Crippen LogP) is -1.43. The van der Waals surface area contributed by atoms with Gasteiger partial charge >= 0.3 is 6.03 Å². The molecule has 2 rings (SSSR count). The van der Waals surface area contributed by atoms with Crippen LogP contribution in [0.2, 0.25) is 0 Å². The highest BCUT2D eigenvalue weighted by Crippen LogP contribution is 2.24. The van der Waals surface area contributed by atoms with Crippen LogP contribution in [0, 0.1) is 0 Å². The van der Waals surface area contributed by atoms with Gasteiger partial charge in [-0.3, -0.25) is 9.69 Å².